The number of thiazole rings is 1. The average molecular weight is 603 g/mol. The SMILES string of the molecule is CCOC(=O)CON=C(C(=O)NC1C(=O)N2C(C(=O)[O-])=C(C[n+]3cccc4ccsc43)CS[C@H]12)c1csc(N)n1. The average Bonchev–Trinajstić information content (AvgIpc) is 3.59. The first-order valence-corrected chi connectivity index (χ1v) is 14.7. The number of nitrogens with one attached hydrogen (secondary N) is 1. The molecule has 5 heterocycles. The van der Waals surface area contributed by atoms with E-state index in [0.717, 1.165) is 26.5 Å². The number of hydrogen-bond donors (Lipinski definition) is 2. The number of carboxylic acid groups (broad SMARTS) is 1. The lowest BCUT2D eigenvalue weighted by molar-refractivity contribution is -0.661. The van der Waals surface area contributed by atoms with Gasteiger partial charge < -0.3 is 30.5 Å². The zero-order chi connectivity index (χ0) is 28.4. The first kappa shape index (κ1) is 27.5. The zero-order valence-corrected chi connectivity index (χ0v) is 23.3. The Morgan fingerprint density at radius 1 is 1.32 bits per heavy atom. The van der Waals surface area contributed by atoms with Crippen molar-refractivity contribution in [2.24, 2.45) is 5.16 Å². The summed E-state index contributed by atoms with van der Waals surface area (Å²) < 4.78 is 6.70. The van der Waals surface area contributed by atoms with E-state index in [1.54, 1.807) is 6.92 Å². The van der Waals surface area contributed by atoms with Crippen LogP contribution in [0.2, 0.25) is 0 Å². The molecule has 3 aromatic rings. The fourth-order valence-electron chi connectivity index (χ4n) is 4.28. The van der Waals surface area contributed by atoms with Gasteiger partial charge in [0.15, 0.2) is 23.6 Å². The minimum Gasteiger partial charge on any atom is -0.543 e. The number of amides is 2. The third kappa shape index (κ3) is 5.37. The summed E-state index contributed by atoms with van der Waals surface area (Å²) in [6, 6.07) is 4.78. The van der Waals surface area contributed by atoms with Crippen LogP contribution in [-0.4, -0.2) is 69.7 Å². The summed E-state index contributed by atoms with van der Waals surface area (Å²) in [4.78, 5) is 61.2. The molecule has 0 bridgehead atoms. The van der Waals surface area contributed by atoms with Crippen molar-refractivity contribution < 1.29 is 38.4 Å². The van der Waals surface area contributed by atoms with Crippen molar-refractivity contribution in [3.05, 3.63) is 52.1 Å². The van der Waals surface area contributed by atoms with Gasteiger partial charge >= 0.3 is 5.97 Å². The van der Waals surface area contributed by atoms with E-state index in [4.69, 9.17) is 15.3 Å². The topological polar surface area (TPSA) is 180 Å². The number of aromatic nitrogens is 2. The number of aliphatic carboxylic acids is 1. The molecule has 0 aliphatic carbocycles. The first-order chi connectivity index (χ1) is 19.3. The molecule has 2 amide bonds. The Bertz CT molecular complexity index is 1560. The number of oxime groups is 1. The third-order valence-corrected chi connectivity index (χ3v) is 8.97. The fourth-order valence-corrected chi connectivity index (χ4v) is 7.04. The molecule has 40 heavy (non-hydrogen) atoms. The minimum absolute atomic E-state index is 0.0844. The fraction of sp³-hybridized carbons (Fsp3) is 0.292. The molecule has 1 saturated heterocycles. The van der Waals surface area contributed by atoms with Crippen molar-refractivity contribution >= 4 is 79.2 Å². The standard InChI is InChI=1S/C24H22N6O7S3/c1-2-36-15(31)9-37-28-16(14-11-40-24(25)26-14)19(32)27-17-20(33)30-18(23(34)35)13(10-39-22(17)30)8-29-6-3-4-12-5-7-38-21(12)29/h3-7,11,17,22H,2,8-10H2,1H3,(H3-,25,26,27,32,34,35)/t17?,22-/m1/s1. The van der Waals surface area contributed by atoms with Gasteiger partial charge in [-0.05, 0) is 24.4 Å². The molecule has 5 rings (SSSR count). The number of pyridine rings is 1. The molecule has 2 aliphatic heterocycles. The van der Waals surface area contributed by atoms with Crippen LogP contribution >= 0.6 is 34.4 Å². The number of hydrogen-bond acceptors (Lipinski definition) is 13. The Hall–Kier alpha value is -4.02. The number of esters is 1. The van der Waals surface area contributed by atoms with Crippen molar-refractivity contribution in [2.75, 3.05) is 24.7 Å². The van der Waals surface area contributed by atoms with Crippen molar-refractivity contribution in [1.82, 2.24) is 15.2 Å². The van der Waals surface area contributed by atoms with Crippen LogP contribution in [0.5, 0.6) is 0 Å². The number of nitrogen functional groups attached to an aromatic ring is 1. The van der Waals surface area contributed by atoms with Crippen LogP contribution in [-0.2, 0) is 35.3 Å². The van der Waals surface area contributed by atoms with E-state index in [1.807, 2.05) is 34.3 Å². The van der Waals surface area contributed by atoms with E-state index < -0.39 is 41.8 Å². The second kappa shape index (κ2) is 11.6. The second-order valence-corrected chi connectivity index (χ2v) is 11.4. The Morgan fingerprint density at radius 2 is 2.15 bits per heavy atom. The summed E-state index contributed by atoms with van der Waals surface area (Å²) in [6.07, 6.45) is 1.85. The van der Waals surface area contributed by atoms with Crippen LogP contribution in [0, 0.1) is 0 Å². The Kier molecular flexibility index (Phi) is 7.99. The summed E-state index contributed by atoms with van der Waals surface area (Å²) in [7, 11) is 0. The highest BCUT2D eigenvalue weighted by atomic mass is 32.2. The van der Waals surface area contributed by atoms with E-state index in [2.05, 4.69) is 15.5 Å². The number of β-lactam (4-membered cyclic amide) rings is 1. The molecule has 0 saturated carbocycles. The largest absolute Gasteiger partial charge is 0.543 e. The molecule has 2 aliphatic rings. The number of nitrogens with zero attached hydrogens (tertiary/aromatic N) is 4. The number of thiophene rings is 1. The molecule has 1 fully saturated rings. The van der Waals surface area contributed by atoms with Gasteiger partial charge in [0, 0.05) is 22.8 Å². The molecule has 1 unspecified atom stereocenters. The van der Waals surface area contributed by atoms with Crippen LogP contribution in [0.15, 0.2) is 51.6 Å². The summed E-state index contributed by atoms with van der Waals surface area (Å²) in [6.45, 7) is 1.50. The van der Waals surface area contributed by atoms with Gasteiger partial charge in [0.1, 0.15) is 17.1 Å². The van der Waals surface area contributed by atoms with E-state index in [-0.39, 0.29) is 35.4 Å². The number of nitrogens with two attached hydrogens (primary N) is 1. The number of carbonyl (C=O) groups excluding carboxylic acids is 4. The van der Waals surface area contributed by atoms with E-state index in [1.165, 1.54) is 28.5 Å². The molecule has 208 valence electrons. The maximum atomic E-state index is 13.2. The molecular formula is C24H22N6O7S3. The van der Waals surface area contributed by atoms with Crippen LogP contribution in [0.3, 0.4) is 0 Å². The van der Waals surface area contributed by atoms with Gasteiger partial charge in [-0.25, -0.2) is 9.78 Å². The number of fused-ring (bicyclic) bond motifs is 2. The zero-order valence-electron chi connectivity index (χ0n) is 20.9. The molecule has 0 spiro atoms. The highest BCUT2D eigenvalue weighted by molar-refractivity contribution is 8.00. The highest BCUT2D eigenvalue weighted by Crippen LogP contribution is 2.40. The van der Waals surface area contributed by atoms with Crippen molar-refractivity contribution in [3.63, 3.8) is 0 Å². The van der Waals surface area contributed by atoms with Crippen LogP contribution in [0.25, 0.3) is 10.2 Å². The molecular weight excluding hydrogens is 581 g/mol. The van der Waals surface area contributed by atoms with Crippen LogP contribution < -0.4 is 20.7 Å². The molecule has 3 aromatic heterocycles. The summed E-state index contributed by atoms with van der Waals surface area (Å²) in [5.74, 6) is -3.25. The summed E-state index contributed by atoms with van der Waals surface area (Å²) >= 11 is 3.92. The quantitative estimate of drug-likeness (QED) is 0.102. The monoisotopic (exact) mass is 602 g/mol. The van der Waals surface area contributed by atoms with Crippen LogP contribution in [0.4, 0.5) is 5.13 Å². The molecule has 3 N–H and O–H groups in total. The van der Waals surface area contributed by atoms with Crippen molar-refractivity contribution in [2.45, 2.75) is 24.9 Å². The number of anilines is 1. The predicted octanol–water partition coefficient (Wildman–Crippen LogP) is -0.385. The highest BCUT2D eigenvalue weighted by Gasteiger charge is 2.53. The number of rotatable bonds is 10. The number of carboxylic acids is 1. The van der Waals surface area contributed by atoms with E-state index >= 15 is 0 Å². The van der Waals surface area contributed by atoms with Gasteiger partial charge in [-0.1, -0.05) is 16.5 Å². The molecule has 2 atom stereocenters. The van der Waals surface area contributed by atoms with Gasteiger partial charge in [0.2, 0.25) is 6.61 Å². The minimum atomic E-state index is -1.47. The second-order valence-electron chi connectivity index (χ2n) is 8.51. The maximum Gasteiger partial charge on any atom is 0.347 e. The van der Waals surface area contributed by atoms with Gasteiger partial charge in [-0.15, -0.1) is 23.1 Å². The lowest BCUT2D eigenvalue weighted by Gasteiger charge is -2.50. The van der Waals surface area contributed by atoms with E-state index in [9.17, 15) is 24.3 Å². The number of carbonyl (C=O) groups is 4. The number of thioether (sulfide) groups is 1. The Labute approximate surface area is 239 Å². The predicted molar refractivity (Wildman–Crippen MR) is 145 cm³/mol. The smallest absolute Gasteiger partial charge is 0.347 e. The maximum absolute atomic E-state index is 13.2. The summed E-state index contributed by atoms with van der Waals surface area (Å²) in [5.41, 5.74) is 5.80. The Morgan fingerprint density at radius 3 is 2.88 bits per heavy atom. The van der Waals surface area contributed by atoms with Crippen molar-refractivity contribution in [1.29, 1.82) is 0 Å². The lowest BCUT2D eigenvalue weighted by Crippen LogP contribution is -2.71. The van der Waals surface area contributed by atoms with Gasteiger partial charge in [0.25, 0.3) is 16.6 Å². The van der Waals surface area contributed by atoms with Gasteiger partial charge in [-0.2, -0.15) is 4.57 Å². The first-order valence-electron chi connectivity index (χ1n) is 11.9. The molecule has 13 nitrogen and oxygen atoms in total. The summed E-state index contributed by atoms with van der Waals surface area (Å²) in [5, 5.41) is 22.5. The normalized spacial score (nSPS) is 18.8. The third-order valence-electron chi connectivity index (χ3n) is 5.99. The lowest BCUT2D eigenvalue weighted by atomic mass is 10.0. The molecule has 16 heteroatoms. The molecule has 0 aromatic carbocycles. The van der Waals surface area contributed by atoms with Gasteiger partial charge in [-0.3, -0.25) is 14.5 Å². The Balaban J connectivity index is 1.34. The van der Waals surface area contributed by atoms with Crippen molar-refractivity contribution in [3.8, 4) is 0 Å². The number of ether oxygens (including phenoxy) is 1. The van der Waals surface area contributed by atoms with Gasteiger partial charge in [0.05, 0.1) is 23.7 Å². The molecule has 0 radical (unpaired) electrons. The van der Waals surface area contributed by atoms with E-state index in [0.29, 0.717) is 11.3 Å². The van der Waals surface area contributed by atoms with Crippen LogP contribution in [0.1, 0.15) is 12.6 Å².